The van der Waals surface area contributed by atoms with Gasteiger partial charge in [-0.3, -0.25) is 0 Å². The number of nitriles is 1. The summed E-state index contributed by atoms with van der Waals surface area (Å²) in [6.07, 6.45) is 2.95. The van der Waals surface area contributed by atoms with E-state index in [2.05, 4.69) is 0 Å². The number of hydrogen-bond donors (Lipinski definition) is 1. The fourth-order valence-electron chi connectivity index (χ4n) is 2.23. The van der Waals surface area contributed by atoms with Crippen LogP contribution in [0, 0.1) is 18.3 Å². The molecule has 2 aromatic rings. The highest BCUT2D eigenvalue weighted by molar-refractivity contribution is 7.18. The topological polar surface area (TPSA) is 102 Å². The molecule has 26 heavy (non-hydrogen) atoms. The molecule has 0 saturated carbocycles. The van der Waals surface area contributed by atoms with Crippen molar-refractivity contribution in [1.29, 1.82) is 5.26 Å². The van der Waals surface area contributed by atoms with Crippen molar-refractivity contribution in [3.8, 4) is 6.07 Å². The van der Waals surface area contributed by atoms with Gasteiger partial charge < -0.3 is 15.2 Å². The lowest BCUT2D eigenvalue weighted by Gasteiger charge is -2.05. The maximum Gasteiger partial charge on any atom is 0.348 e. The van der Waals surface area contributed by atoms with Crippen molar-refractivity contribution in [3.05, 3.63) is 57.5 Å². The normalized spacial score (nSPS) is 10.5. The standard InChI is InChI=1S/C19H18N2O4S/c1-3-24-19(23)17-15(14(10-20)18(21)26-17)11-25-16(22)9-8-13-7-5-4-6-12(13)2/h4-9H,3,11,21H2,1-2H3/b9-8+. The SMILES string of the molecule is CCOC(=O)c1sc(N)c(C#N)c1COC(=O)/C=C/c1ccccc1C. The highest BCUT2D eigenvalue weighted by Crippen LogP contribution is 2.31. The van der Waals surface area contributed by atoms with Gasteiger partial charge in [-0.05, 0) is 31.1 Å². The Balaban J connectivity index is 2.13. The van der Waals surface area contributed by atoms with Gasteiger partial charge >= 0.3 is 11.9 Å². The third-order valence-corrected chi connectivity index (χ3v) is 4.59. The number of carbonyl (C=O) groups is 2. The molecular weight excluding hydrogens is 352 g/mol. The first-order valence-corrected chi connectivity index (χ1v) is 8.68. The lowest BCUT2D eigenvalue weighted by Crippen LogP contribution is -2.08. The molecule has 1 aromatic heterocycles. The molecule has 1 aromatic carbocycles. The Labute approximate surface area is 155 Å². The summed E-state index contributed by atoms with van der Waals surface area (Å²) in [5.41, 5.74) is 8.10. The predicted octanol–water partition coefficient (Wildman–Crippen LogP) is 3.44. The van der Waals surface area contributed by atoms with Gasteiger partial charge in [-0.15, -0.1) is 11.3 Å². The van der Waals surface area contributed by atoms with Crippen LogP contribution >= 0.6 is 11.3 Å². The van der Waals surface area contributed by atoms with Gasteiger partial charge in [-0.1, -0.05) is 24.3 Å². The summed E-state index contributed by atoms with van der Waals surface area (Å²) in [4.78, 5) is 24.2. The largest absolute Gasteiger partial charge is 0.462 e. The summed E-state index contributed by atoms with van der Waals surface area (Å²) in [6.45, 7) is 3.57. The zero-order valence-electron chi connectivity index (χ0n) is 14.4. The van der Waals surface area contributed by atoms with Gasteiger partial charge in [-0.25, -0.2) is 9.59 Å². The molecule has 0 aliphatic carbocycles. The summed E-state index contributed by atoms with van der Waals surface area (Å²) in [7, 11) is 0. The molecular formula is C19H18N2O4S. The van der Waals surface area contributed by atoms with Gasteiger partial charge in [0.25, 0.3) is 0 Å². The lowest BCUT2D eigenvalue weighted by molar-refractivity contribution is -0.138. The second kappa shape index (κ2) is 8.83. The summed E-state index contributed by atoms with van der Waals surface area (Å²) in [5.74, 6) is -1.18. The number of thiophene rings is 1. The van der Waals surface area contributed by atoms with Crippen LogP contribution in [0.1, 0.15) is 38.8 Å². The van der Waals surface area contributed by atoms with Crippen LogP contribution in [0.15, 0.2) is 30.3 Å². The van der Waals surface area contributed by atoms with Crippen molar-refractivity contribution in [2.45, 2.75) is 20.5 Å². The first-order chi connectivity index (χ1) is 12.5. The fourth-order valence-corrected chi connectivity index (χ4v) is 3.15. The first kappa shape index (κ1) is 19.2. The second-order valence-corrected chi connectivity index (χ2v) is 6.33. The maximum absolute atomic E-state index is 12.0. The summed E-state index contributed by atoms with van der Waals surface area (Å²) < 4.78 is 10.1. The molecule has 0 fully saturated rings. The Hall–Kier alpha value is -3.11. The van der Waals surface area contributed by atoms with Gasteiger partial charge in [0.05, 0.1) is 12.2 Å². The highest BCUT2D eigenvalue weighted by atomic mass is 32.1. The Kier molecular flexibility index (Phi) is 6.53. The van der Waals surface area contributed by atoms with E-state index in [0.717, 1.165) is 22.5 Å². The molecule has 6 nitrogen and oxygen atoms in total. The molecule has 7 heteroatoms. The molecule has 1 heterocycles. The van der Waals surface area contributed by atoms with E-state index in [1.165, 1.54) is 6.08 Å². The van der Waals surface area contributed by atoms with Crippen LogP contribution in [0.5, 0.6) is 0 Å². The quantitative estimate of drug-likeness (QED) is 0.617. The number of nitrogens with zero attached hydrogens (tertiary/aromatic N) is 1. The molecule has 0 aliphatic rings. The van der Waals surface area contributed by atoms with Crippen molar-refractivity contribution >= 4 is 34.4 Å². The van der Waals surface area contributed by atoms with Crippen LogP contribution in [0.3, 0.4) is 0 Å². The number of ether oxygens (including phenoxy) is 2. The van der Waals surface area contributed by atoms with Gasteiger partial charge in [0, 0.05) is 11.6 Å². The van der Waals surface area contributed by atoms with Crippen LogP contribution in [-0.2, 0) is 20.9 Å². The number of esters is 2. The highest BCUT2D eigenvalue weighted by Gasteiger charge is 2.23. The summed E-state index contributed by atoms with van der Waals surface area (Å²) in [6, 6.07) is 9.53. The number of nitrogen functional groups attached to an aromatic ring is 1. The molecule has 0 radical (unpaired) electrons. The molecule has 2 N–H and O–H groups in total. The predicted molar refractivity (Wildman–Crippen MR) is 99.4 cm³/mol. The third-order valence-electron chi connectivity index (χ3n) is 3.55. The third kappa shape index (κ3) is 4.49. The molecule has 0 unspecified atom stereocenters. The van der Waals surface area contributed by atoms with E-state index in [1.807, 2.05) is 37.3 Å². The number of hydrogen-bond acceptors (Lipinski definition) is 7. The van der Waals surface area contributed by atoms with Gasteiger partial charge in [0.15, 0.2) is 0 Å². The monoisotopic (exact) mass is 370 g/mol. The maximum atomic E-state index is 12.0. The second-order valence-electron chi connectivity index (χ2n) is 5.28. The molecule has 0 atom stereocenters. The van der Waals surface area contributed by atoms with E-state index in [4.69, 9.17) is 15.2 Å². The smallest absolute Gasteiger partial charge is 0.348 e. The molecule has 0 aliphatic heterocycles. The molecule has 2 rings (SSSR count). The van der Waals surface area contributed by atoms with Gasteiger partial charge in [0.2, 0.25) is 0 Å². The number of anilines is 1. The number of carbonyl (C=O) groups excluding carboxylic acids is 2. The zero-order valence-corrected chi connectivity index (χ0v) is 15.3. The minimum absolute atomic E-state index is 0.133. The van der Waals surface area contributed by atoms with Crippen LogP contribution in [0.4, 0.5) is 5.00 Å². The Bertz CT molecular complexity index is 893. The van der Waals surface area contributed by atoms with Crippen molar-refractivity contribution in [1.82, 2.24) is 0 Å². The van der Waals surface area contributed by atoms with Crippen molar-refractivity contribution < 1.29 is 19.1 Å². The number of aryl methyl sites for hydroxylation is 1. The van der Waals surface area contributed by atoms with Gasteiger partial charge in [-0.2, -0.15) is 5.26 Å². The summed E-state index contributed by atoms with van der Waals surface area (Å²) in [5, 5.41) is 9.43. The van der Waals surface area contributed by atoms with Crippen LogP contribution in [0.2, 0.25) is 0 Å². The van der Waals surface area contributed by atoms with Crippen LogP contribution < -0.4 is 5.73 Å². The summed E-state index contributed by atoms with van der Waals surface area (Å²) >= 11 is 0.949. The molecule has 0 spiro atoms. The molecule has 134 valence electrons. The lowest BCUT2D eigenvalue weighted by atomic mass is 10.1. The minimum atomic E-state index is -0.591. The zero-order chi connectivity index (χ0) is 19.1. The Morgan fingerprint density at radius 2 is 2.04 bits per heavy atom. The Morgan fingerprint density at radius 1 is 1.31 bits per heavy atom. The van der Waals surface area contributed by atoms with E-state index >= 15 is 0 Å². The van der Waals surface area contributed by atoms with Gasteiger partial charge in [0.1, 0.15) is 22.6 Å². The van der Waals surface area contributed by atoms with E-state index in [9.17, 15) is 14.9 Å². The average Bonchev–Trinajstić information content (AvgIpc) is 2.95. The number of nitrogens with two attached hydrogens (primary N) is 1. The molecule has 0 saturated heterocycles. The van der Waals surface area contributed by atoms with E-state index in [0.29, 0.717) is 0 Å². The van der Waals surface area contributed by atoms with Crippen molar-refractivity contribution in [3.63, 3.8) is 0 Å². The average molecular weight is 370 g/mol. The van der Waals surface area contributed by atoms with E-state index < -0.39 is 11.9 Å². The number of benzene rings is 1. The molecule has 0 amide bonds. The molecule has 0 bridgehead atoms. The fraction of sp³-hybridized carbons (Fsp3) is 0.211. The van der Waals surface area contributed by atoms with Crippen molar-refractivity contribution in [2.75, 3.05) is 12.3 Å². The van der Waals surface area contributed by atoms with Crippen LogP contribution in [-0.4, -0.2) is 18.5 Å². The minimum Gasteiger partial charge on any atom is -0.462 e. The van der Waals surface area contributed by atoms with E-state index in [1.54, 1.807) is 13.0 Å². The number of rotatable bonds is 6. The van der Waals surface area contributed by atoms with Crippen LogP contribution in [0.25, 0.3) is 6.08 Å². The van der Waals surface area contributed by atoms with Crippen molar-refractivity contribution in [2.24, 2.45) is 0 Å². The Morgan fingerprint density at radius 3 is 2.69 bits per heavy atom. The van der Waals surface area contributed by atoms with E-state index in [-0.39, 0.29) is 34.2 Å². The first-order valence-electron chi connectivity index (χ1n) is 7.86.